The number of nitrogens with zero attached hydrogens (tertiary/aromatic N) is 1. The third-order valence-electron chi connectivity index (χ3n) is 3.17. The molecule has 4 nitrogen and oxygen atoms in total. The van der Waals surface area contributed by atoms with Gasteiger partial charge in [0.1, 0.15) is 5.03 Å². The molecule has 5 heteroatoms. The summed E-state index contributed by atoms with van der Waals surface area (Å²) in [5.41, 5.74) is 6.71. The molecular formula is C16H18N2O2S. The summed E-state index contributed by atoms with van der Waals surface area (Å²) >= 11 is 1.62. The monoisotopic (exact) mass is 302 g/mol. The van der Waals surface area contributed by atoms with Crippen LogP contribution in [0.15, 0.2) is 46.5 Å². The Labute approximate surface area is 128 Å². The summed E-state index contributed by atoms with van der Waals surface area (Å²) < 4.78 is 11.3. The van der Waals surface area contributed by atoms with Crippen LogP contribution in [0.4, 0.5) is 0 Å². The Balaban J connectivity index is 1.73. The van der Waals surface area contributed by atoms with Gasteiger partial charge in [0.05, 0.1) is 13.2 Å². The van der Waals surface area contributed by atoms with Crippen molar-refractivity contribution in [2.45, 2.75) is 22.8 Å². The highest BCUT2D eigenvalue weighted by Gasteiger charge is 2.11. The van der Waals surface area contributed by atoms with E-state index in [2.05, 4.69) is 11.1 Å². The van der Waals surface area contributed by atoms with Crippen LogP contribution in [0, 0.1) is 0 Å². The van der Waals surface area contributed by atoms with E-state index in [-0.39, 0.29) is 0 Å². The molecule has 0 saturated heterocycles. The van der Waals surface area contributed by atoms with E-state index in [0.717, 1.165) is 34.3 Å². The fourth-order valence-electron chi connectivity index (χ4n) is 2.11. The molecule has 1 aliphatic heterocycles. The summed E-state index contributed by atoms with van der Waals surface area (Å²) in [6.45, 7) is 2.06. The first-order valence-corrected chi connectivity index (χ1v) is 7.89. The lowest BCUT2D eigenvalue weighted by atomic mass is 10.2. The van der Waals surface area contributed by atoms with E-state index in [1.165, 1.54) is 5.56 Å². The number of benzene rings is 1. The van der Waals surface area contributed by atoms with E-state index in [1.54, 1.807) is 11.8 Å². The van der Waals surface area contributed by atoms with Crippen molar-refractivity contribution in [3.63, 3.8) is 0 Å². The fourth-order valence-corrected chi connectivity index (χ4v) is 2.90. The smallest absolute Gasteiger partial charge is 0.162 e. The highest BCUT2D eigenvalue weighted by Crippen LogP contribution is 2.35. The summed E-state index contributed by atoms with van der Waals surface area (Å²) in [4.78, 5) is 5.55. The first-order chi connectivity index (χ1) is 10.3. The molecule has 2 aromatic rings. The quantitative estimate of drug-likeness (QED) is 0.941. The van der Waals surface area contributed by atoms with Gasteiger partial charge in [0.15, 0.2) is 11.5 Å². The van der Waals surface area contributed by atoms with E-state index in [1.807, 2.05) is 30.5 Å². The largest absolute Gasteiger partial charge is 0.490 e. The fraction of sp³-hybridized carbons (Fsp3) is 0.312. The summed E-state index contributed by atoms with van der Waals surface area (Å²) in [5, 5.41) is 0.963. The van der Waals surface area contributed by atoms with Crippen molar-refractivity contribution in [1.29, 1.82) is 0 Å². The van der Waals surface area contributed by atoms with Crippen LogP contribution >= 0.6 is 11.8 Å². The molecular weight excluding hydrogens is 284 g/mol. The van der Waals surface area contributed by atoms with Crippen LogP contribution in [-0.4, -0.2) is 24.7 Å². The van der Waals surface area contributed by atoms with E-state index in [4.69, 9.17) is 15.2 Å². The van der Waals surface area contributed by atoms with Crippen molar-refractivity contribution >= 4 is 11.8 Å². The van der Waals surface area contributed by atoms with E-state index >= 15 is 0 Å². The SMILES string of the molecule is NCCc1ccc(Sc2ccc3c(c2)OCCCO3)nc1. The van der Waals surface area contributed by atoms with Crippen molar-refractivity contribution in [3.05, 3.63) is 42.1 Å². The minimum Gasteiger partial charge on any atom is -0.490 e. The van der Waals surface area contributed by atoms with Gasteiger partial charge in [-0.1, -0.05) is 17.8 Å². The van der Waals surface area contributed by atoms with Gasteiger partial charge in [-0.15, -0.1) is 0 Å². The molecule has 2 N–H and O–H groups in total. The second-order valence-corrected chi connectivity index (χ2v) is 5.90. The van der Waals surface area contributed by atoms with Gasteiger partial charge in [0.2, 0.25) is 0 Å². The molecule has 1 aromatic heterocycles. The molecule has 21 heavy (non-hydrogen) atoms. The van der Waals surface area contributed by atoms with Gasteiger partial charge >= 0.3 is 0 Å². The maximum absolute atomic E-state index is 5.71. The Hall–Kier alpha value is -1.72. The maximum Gasteiger partial charge on any atom is 0.162 e. The van der Waals surface area contributed by atoms with Crippen LogP contribution in [0.25, 0.3) is 0 Å². The maximum atomic E-state index is 5.71. The molecule has 0 spiro atoms. The zero-order valence-electron chi connectivity index (χ0n) is 11.7. The van der Waals surface area contributed by atoms with Gasteiger partial charge in [0, 0.05) is 17.5 Å². The van der Waals surface area contributed by atoms with Gasteiger partial charge in [-0.25, -0.2) is 4.98 Å². The molecule has 0 aliphatic carbocycles. The molecule has 110 valence electrons. The van der Waals surface area contributed by atoms with Crippen LogP contribution in [0.5, 0.6) is 11.5 Å². The summed E-state index contributed by atoms with van der Waals surface area (Å²) in [7, 11) is 0. The predicted molar refractivity (Wildman–Crippen MR) is 83.2 cm³/mol. The van der Waals surface area contributed by atoms with Crippen molar-refractivity contribution in [2.24, 2.45) is 5.73 Å². The standard InChI is InChI=1S/C16H18N2O2S/c17-7-6-12-2-5-16(18-11-12)21-13-3-4-14-15(10-13)20-9-1-8-19-14/h2-5,10-11H,1,6-9,17H2. The van der Waals surface area contributed by atoms with Gasteiger partial charge in [-0.2, -0.15) is 0 Å². The lowest BCUT2D eigenvalue weighted by molar-refractivity contribution is 0.297. The van der Waals surface area contributed by atoms with Crippen LogP contribution in [0.2, 0.25) is 0 Å². The molecule has 0 saturated carbocycles. The number of hydrogen-bond acceptors (Lipinski definition) is 5. The number of fused-ring (bicyclic) bond motifs is 1. The molecule has 0 radical (unpaired) electrons. The van der Waals surface area contributed by atoms with Crippen molar-refractivity contribution in [3.8, 4) is 11.5 Å². The topological polar surface area (TPSA) is 57.4 Å². The normalized spacial score (nSPS) is 13.8. The predicted octanol–water partition coefficient (Wildman–Crippen LogP) is 2.90. The van der Waals surface area contributed by atoms with E-state index in [0.29, 0.717) is 19.8 Å². The minimum absolute atomic E-state index is 0.649. The van der Waals surface area contributed by atoms with Crippen LogP contribution in [0.1, 0.15) is 12.0 Å². The highest BCUT2D eigenvalue weighted by atomic mass is 32.2. The lowest BCUT2D eigenvalue weighted by Crippen LogP contribution is -2.02. The van der Waals surface area contributed by atoms with E-state index < -0.39 is 0 Å². The minimum atomic E-state index is 0.649. The number of pyridine rings is 1. The van der Waals surface area contributed by atoms with Crippen molar-refractivity contribution < 1.29 is 9.47 Å². The molecule has 1 aromatic carbocycles. The molecule has 0 bridgehead atoms. The molecule has 3 rings (SSSR count). The van der Waals surface area contributed by atoms with Crippen molar-refractivity contribution in [1.82, 2.24) is 4.98 Å². The zero-order chi connectivity index (χ0) is 14.5. The van der Waals surface area contributed by atoms with E-state index in [9.17, 15) is 0 Å². The Kier molecular flexibility index (Phi) is 4.62. The first kappa shape index (κ1) is 14.2. The molecule has 2 heterocycles. The number of nitrogens with two attached hydrogens (primary N) is 1. The van der Waals surface area contributed by atoms with Crippen LogP contribution in [0.3, 0.4) is 0 Å². The zero-order valence-corrected chi connectivity index (χ0v) is 12.6. The molecule has 1 aliphatic rings. The third kappa shape index (κ3) is 3.68. The number of ether oxygens (including phenoxy) is 2. The Morgan fingerprint density at radius 2 is 1.95 bits per heavy atom. The molecule has 0 amide bonds. The average Bonchev–Trinajstić information content (AvgIpc) is 2.74. The van der Waals surface area contributed by atoms with Crippen LogP contribution in [-0.2, 0) is 6.42 Å². The molecule has 0 unspecified atom stereocenters. The Morgan fingerprint density at radius 3 is 2.71 bits per heavy atom. The van der Waals surface area contributed by atoms with Crippen LogP contribution < -0.4 is 15.2 Å². The second kappa shape index (κ2) is 6.83. The Bertz CT molecular complexity index is 602. The van der Waals surface area contributed by atoms with Gasteiger partial charge < -0.3 is 15.2 Å². The number of rotatable bonds is 4. The molecule has 0 fully saturated rings. The third-order valence-corrected chi connectivity index (χ3v) is 4.11. The summed E-state index contributed by atoms with van der Waals surface area (Å²) in [6, 6.07) is 10.1. The number of hydrogen-bond donors (Lipinski definition) is 1. The summed E-state index contributed by atoms with van der Waals surface area (Å²) in [5.74, 6) is 1.64. The van der Waals surface area contributed by atoms with Gasteiger partial charge in [0.25, 0.3) is 0 Å². The second-order valence-electron chi connectivity index (χ2n) is 4.80. The van der Waals surface area contributed by atoms with Crippen molar-refractivity contribution in [2.75, 3.05) is 19.8 Å². The summed E-state index contributed by atoms with van der Waals surface area (Å²) in [6.07, 6.45) is 3.67. The Morgan fingerprint density at radius 1 is 1.10 bits per heavy atom. The van der Waals surface area contributed by atoms with Gasteiger partial charge in [-0.3, -0.25) is 0 Å². The average molecular weight is 302 g/mol. The first-order valence-electron chi connectivity index (χ1n) is 7.07. The molecule has 0 atom stereocenters. The van der Waals surface area contributed by atoms with Gasteiger partial charge in [-0.05, 0) is 42.8 Å². The highest BCUT2D eigenvalue weighted by molar-refractivity contribution is 7.99. The lowest BCUT2D eigenvalue weighted by Gasteiger charge is -2.09. The number of aromatic nitrogens is 1.